The third-order valence-electron chi connectivity index (χ3n) is 6.29. The van der Waals surface area contributed by atoms with Gasteiger partial charge in [-0.3, -0.25) is 0 Å². The Hall–Kier alpha value is -2.61. The highest BCUT2D eigenvalue weighted by Gasteiger charge is 2.37. The largest absolute Gasteiger partial charge is 0.478 e. The van der Waals surface area contributed by atoms with Crippen molar-refractivity contribution in [2.24, 2.45) is 0 Å². The van der Waals surface area contributed by atoms with Crippen molar-refractivity contribution in [3.8, 4) is 11.1 Å². The fourth-order valence-corrected chi connectivity index (χ4v) is 4.31. The van der Waals surface area contributed by atoms with Gasteiger partial charge in [-0.05, 0) is 82.5 Å². The Kier molecular flexibility index (Phi) is 5.58. The van der Waals surface area contributed by atoms with Crippen LogP contribution in [0.25, 0.3) is 17.2 Å². The summed E-state index contributed by atoms with van der Waals surface area (Å²) >= 11 is 0. The Labute approximate surface area is 175 Å². The molecule has 29 heavy (non-hydrogen) atoms. The lowest BCUT2D eigenvalue weighted by molar-refractivity contribution is -0.131. The van der Waals surface area contributed by atoms with Crippen molar-refractivity contribution in [3.05, 3.63) is 76.4 Å². The predicted octanol–water partition coefficient (Wildman–Crippen LogP) is 7.06. The number of carbonyl (C=O) groups is 1. The molecule has 0 saturated heterocycles. The Morgan fingerprint density at radius 1 is 1.00 bits per heavy atom. The molecule has 0 unspecified atom stereocenters. The summed E-state index contributed by atoms with van der Waals surface area (Å²) in [6, 6.07) is 13.3. The van der Waals surface area contributed by atoms with Crippen LogP contribution in [0.15, 0.2) is 54.1 Å². The molecule has 0 aliphatic heterocycles. The summed E-state index contributed by atoms with van der Waals surface area (Å²) in [4.78, 5) is 10.8. The quantitative estimate of drug-likeness (QED) is 0.450. The Balaban J connectivity index is 2.04. The average Bonchev–Trinajstić information content (AvgIpc) is 2.63. The van der Waals surface area contributed by atoms with Gasteiger partial charge in [-0.2, -0.15) is 0 Å². The van der Waals surface area contributed by atoms with Gasteiger partial charge in [0.1, 0.15) is 0 Å². The van der Waals surface area contributed by atoms with E-state index in [0.717, 1.165) is 11.1 Å². The number of carboxylic acids is 1. The molecule has 1 aliphatic carbocycles. The number of aliphatic carboxylic acids is 1. The maximum absolute atomic E-state index is 10.8. The van der Waals surface area contributed by atoms with Gasteiger partial charge in [-0.15, -0.1) is 0 Å². The van der Waals surface area contributed by atoms with Gasteiger partial charge in [0, 0.05) is 6.08 Å². The molecule has 0 heterocycles. The number of allylic oxidation sites excluding steroid dienone is 2. The van der Waals surface area contributed by atoms with Gasteiger partial charge in [-0.1, -0.05) is 70.2 Å². The summed E-state index contributed by atoms with van der Waals surface area (Å²) < 4.78 is 0. The van der Waals surface area contributed by atoms with E-state index >= 15 is 0 Å². The van der Waals surface area contributed by atoms with Crippen molar-refractivity contribution in [1.82, 2.24) is 0 Å². The molecule has 2 heteroatoms. The molecule has 0 atom stereocenters. The molecule has 0 saturated carbocycles. The molecule has 1 aliphatic rings. The number of fused-ring (bicyclic) bond motifs is 1. The predicted molar refractivity (Wildman–Crippen MR) is 122 cm³/mol. The number of rotatable bonds is 4. The Morgan fingerprint density at radius 3 is 2.24 bits per heavy atom. The molecule has 2 nitrogen and oxygen atoms in total. The Bertz CT molecular complexity index is 1000. The van der Waals surface area contributed by atoms with Crippen molar-refractivity contribution in [1.29, 1.82) is 0 Å². The molecule has 0 amide bonds. The summed E-state index contributed by atoms with van der Waals surface area (Å²) in [5.41, 5.74) is 8.92. The van der Waals surface area contributed by atoms with Crippen LogP contribution in [0.3, 0.4) is 0 Å². The maximum Gasteiger partial charge on any atom is 0.328 e. The van der Waals surface area contributed by atoms with E-state index in [-0.39, 0.29) is 10.8 Å². The van der Waals surface area contributed by atoms with E-state index < -0.39 is 5.97 Å². The summed E-state index contributed by atoms with van der Waals surface area (Å²) in [5.74, 6) is -0.920. The molecule has 1 N–H and O–H groups in total. The molecule has 0 bridgehead atoms. The van der Waals surface area contributed by atoms with Crippen LogP contribution in [0.5, 0.6) is 0 Å². The van der Waals surface area contributed by atoms with E-state index in [2.05, 4.69) is 71.0 Å². The number of hydrogen-bond acceptors (Lipinski definition) is 1. The standard InChI is InChI=1S/C27H32O2/c1-18(14-25(28)29)10-11-20-8-7-9-21(16-20)22-17-24-23(15-19(22)2)26(3,4)12-13-27(24,5)6/h7-11,14-17H,12-13H2,1-6H3,(H,28,29). The van der Waals surface area contributed by atoms with E-state index in [1.54, 1.807) is 6.92 Å². The second-order valence-electron chi connectivity index (χ2n) is 9.67. The zero-order valence-corrected chi connectivity index (χ0v) is 18.5. The molecule has 0 spiro atoms. The van der Waals surface area contributed by atoms with Crippen molar-refractivity contribution in [2.75, 3.05) is 0 Å². The van der Waals surface area contributed by atoms with E-state index in [4.69, 9.17) is 5.11 Å². The number of benzene rings is 2. The van der Waals surface area contributed by atoms with E-state index in [1.165, 1.54) is 46.7 Å². The van der Waals surface area contributed by atoms with Crippen LogP contribution in [0.2, 0.25) is 0 Å². The van der Waals surface area contributed by atoms with Crippen molar-refractivity contribution in [2.45, 2.75) is 65.2 Å². The number of hydrogen-bond donors (Lipinski definition) is 1. The first-order valence-corrected chi connectivity index (χ1v) is 10.3. The van der Waals surface area contributed by atoms with Gasteiger partial charge < -0.3 is 5.11 Å². The lowest BCUT2D eigenvalue weighted by Gasteiger charge is -2.42. The Morgan fingerprint density at radius 2 is 1.62 bits per heavy atom. The van der Waals surface area contributed by atoms with Gasteiger partial charge in [0.2, 0.25) is 0 Å². The highest BCUT2D eigenvalue weighted by molar-refractivity contribution is 5.81. The molecule has 3 rings (SSSR count). The van der Waals surface area contributed by atoms with E-state index in [1.807, 2.05) is 12.2 Å². The van der Waals surface area contributed by atoms with E-state index in [9.17, 15) is 4.79 Å². The molecule has 0 radical (unpaired) electrons. The van der Waals surface area contributed by atoms with Crippen LogP contribution in [-0.2, 0) is 15.6 Å². The summed E-state index contributed by atoms with van der Waals surface area (Å²) in [6.45, 7) is 13.4. The fraction of sp³-hybridized carbons (Fsp3) is 0.370. The second-order valence-corrected chi connectivity index (χ2v) is 9.67. The molecule has 0 fully saturated rings. The summed E-state index contributed by atoms with van der Waals surface area (Å²) in [6.07, 6.45) is 7.46. The molecular formula is C27H32O2. The zero-order valence-electron chi connectivity index (χ0n) is 18.5. The first-order chi connectivity index (χ1) is 13.5. The van der Waals surface area contributed by atoms with Crippen LogP contribution in [-0.4, -0.2) is 11.1 Å². The molecule has 0 aromatic heterocycles. The number of carboxylic acid groups (broad SMARTS) is 1. The molecular weight excluding hydrogens is 356 g/mol. The van der Waals surface area contributed by atoms with Crippen LogP contribution < -0.4 is 0 Å². The van der Waals surface area contributed by atoms with E-state index in [0.29, 0.717) is 0 Å². The highest BCUT2D eigenvalue weighted by Crippen LogP contribution is 2.47. The third kappa shape index (κ3) is 4.53. The molecule has 2 aromatic carbocycles. The monoisotopic (exact) mass is 388 g/mol. The summed E-state index contributed by atoms with van der Waals surface area (Å²) in [7, 11) is 0. The maximum atomic E-state index is 10.8. The van der Waals surface area contributed by atoms with Gasteiger partial charge >= 0.3 is 5.97 Å². The van der Waals surface area contributed by atoms with Gasteiger partial charge in [0.25, 0.3) is 0 Å². The van der Waals surface area contributed by atoms with Gasteiger partial charge in [0.15, 0.2) is 0 Å². The normalized spacial score (nSPS) is 17.9. The first kappa shape index (κ1) is 21.1. The van der Waals surface area contributed by atoms with Crippen LogP contribution in [0, 0.1) is 6.92 Å². The minimum atomic E-state index is -0.920. The number of aryl methyl sites for hydroxylation is 1. The topological polar surface area (TPSA) is 37.3 Å². The van der Waals surface area contributed by atoms with Gasteiger partial charge in [-0.25, -0.2) is 4.79 Å². The van der Waals surface area contributed by atoms with Crippen LogP contribution in [0.1, 0.15) is 69.7 Å². The van der Waals surface area contributed by atoms with Crippen LogP contribution in [0.4, 0.5) is 0 Å². The van der Waals surface area contributed by atoms with Gasteiger partial charge in [0.05, 0.1) is 0 Å². The third-order valence-corrected chi connectivity index (χ3v) is 6.29. The SMILES string of the molecule is CC(C=Cc1cccc(-c2cc3c(cc2C)C(C)(C)CCC3(C)C)c1)=CC(=O)O. The lowest BCUT2D eigenvalue weighted by atomic mass is 9.62. The molecule has 152 valence electrons. The minimum absolute atomic E-state index is 0.184. The fourth-order valence-electron chi connectivity index (χ4n) is 4.31. The zero-order chi connectivity index (χ0) is 21.4. The van der Waals surface area contributed by atoms with Crippen molar-refractivity contribution < 1.29 is 9.90 Å². The highest BCUT2D eigenvalue weighted by atomic mass is 16.4. The molecule has 2 aromatic rings. The average molecular weight is 389 g/mol. The van der Waals surface area contributed by atoms with Crippen molar-refractivity contribution in [3.63, 3.8) is 0 Å². The smallest absolute Gasteiger partial charge is 0.328 e. The minimum Gasteiger partial charge on any atom is -0.478 e. The summed E-state index contributed by atoms with van der Waals surface area (Å²) in [5, 5.41) is 8.87. The second kappa shape index (κ2) is 7.67. The van der Waals surface area contributed by atoms with Crippen LogP contribution >= 0.6 is 0 Å². The first-order valence-electron chi connectivity index (χ1n) is 10.3. The lowest BCUT2D eigenvalue weighted by Crippen LogP contribution is -2.34. The van der Waals surface area contributed by atoms with Crippen molar-refractivity contribution >= 4 is 12.0 Å².